The van der Waals surface area contributed by atoms with Crippen molar-refractivity contribution in [3.05, 3.63) is 78.2 Å². The summed E-state index contributed by atoms with van der Waals surface area (Å²) in [5.41, 5.74) is 1.09. The molecule has 0 bridgehead atoms. The van der Waals surface area contributed by atoms with E-state index in [4.69, 9.17) is 4.74 Å². The molecular weight excluding hydrogens is 383 g/mol. The fraction of sp³-hybridized carbons (Fsp3) is 0.0526. The molecule has 4 aromatic rings. The van der Waals surface area contributed by atoms with Crippen LogP contribution in [0.5, 0.6) is 11.5 Å². The molecule has 0 aliphatic rings. The van der Waals surface area contributed by atoms with Gasteiger partial charge in [-0.05, 0) is 54.1 Å². The van der Waals surface area contributed by atoms with Crippen molar-refractivity contribution >= 4 is 21.1 Å². The largest absolute Gasteiger partial charge is 0.457 e. The van der Waals surface area contributed by atoms with Gasteiger partial charge in [0, 0.05) is 12.7 Å². The monoisotopic (exact) mass is 398 g/mol. The molecule has 2 N–H and O–H groups in total. The Morgan fingerprint density at radius 2 is 1.68 bits per heavy atom. The van der Waals surface area contributed by atoms with E-state index in [9.17, 15) is 12.8 Å². The second-order valence-electron chi connectivity index (χ2n) is 5.95. The lowest BCUT2D eigenvalue weighted by Crippen LogP contribution is -2.23. The summed E-state index contributed by atoms with van der Waals surface area (Å²) in [7, 11) is -3.78. The summed E-state index contributed by atoms with van der Waals surface area (Å²) in [6.45, 7) is 0.0972. The van der Waals surface area contributed by atoms with Crippen LogP contribution in [0.2, 0.25) is 0 Å². The average Bonchev–Trinajstić information content (AvgIpc) is 3.14. The van der Waals surface area contributed by atoms with E-state index in [1.807, 2.05) is 0 Å². The van der Waals surface area contributed by atoms with Gasteiger partial charge in [-0.3, -0.25) is 5.10 Å². The molecule has 0 saturated heterocycles. The van der Waals surface area contributed by atoms with E-state index in [0.717, 1.165) is 5.56 Å². The van der Waals surface area contributed by atoms with Crippen molar-refractivity contribution in [2.75, 3.05) is 0 Å². The fourth-order valence-electron chi connectivity index (χ4n) is 2.60. The number of H-pyrrole nitrogens is 1. The first-order valence-corrected chi connectivity index (χ1v) is 9.81. The van der Waals surface area contributed by atoms with Crippen molar-refractivity contribution in [1.29, 1.82) is 0 Å². The van der Waals surface area contributed by atoms with Gasteiger partial charge in [-0.1, -0.05) is 12.1 Å². The molecule has 142 valence electrons. The number of hydrogen-bond donors (Lipinski definition) is 2. The molecule has 0 aliphatic carbocycles. The van der Waals surface area contributed by atoms with Gasteiger partial charge in [0.05, 0.1) is 5.39 Å². The Morgan fingerprint density at radius 1 is 1.00 bits per heavy atom. The van der Waals surface area contributed by atoms with Crippen LogP contribution >= 0.6 is 0 Å². The summed E-state index contributed by atoms with van der Waals surface area (Å²) in [5, 5.41) is 6.83. The third kappa shape index (κ3) is 3.85. The molecule has 0 fully saturated rings. The van der Waals surface area contributed by atoms with Crippen molar-refractivity contribution in [2.45, 2.75) is 11.6 Å². The third-order valence-corrected chi connectivity index (χ3v) is 5.38. The molecule has 28 heavy (non-hydrogen) atoms. The van der Waals surface area contributed by atoms with Crippen LogP contribution in [-0.4, -0.2) is 23.6 Å². The van der Waals surface area contributed by atoms with Gasteiger partial charge >= 0.3 is 0 Å². The van der Waals surface area contributed by atoms with E-state index < -0.39 is 10.0 Å². The zero-order valence-corrected chi connectivity index (χ0v) is 15.3. The van der Waals surface area contributed by atoms with Gasteiger partial charge in [-0.25, -0.2) is 22.5 Å². The lowest BCUT2D eigenvalue weighted by Gasteiger charge is -2.08. The molecule has 4 rings (SSSR count). The minimum absolute atomic E-state index is 0.0214. The highest BCUT2D eigenvalue weighted by atomic mass is 32.2. The first kappa shape index (κ1) is 18.1. The maximum absolute atomic E-state index is 12.9. The van der Waals surface area contributed by atoms with Crippen LogP contribution in [0.1, 0.15) is 5.56 Å². The van der Waals surface area contributed by atoms with E-state index in [2.05, 4.69) is 19.9 Å². The smallest absolute Gasteiger partial charge is 0.258 e. The molecule has 2 aromatic carbocycles. The van der Waals surface area contributed by atoms with Gasteiger partial charge in [0.15, 0.2) is 10.7 Å². The normalized spacial score (nSPS) is 11.6. The zero-order valence-electron chi connectivity index (χ0n) is 14.5. The van der Waals surface area contributed by atoms with Crippen molar-refractivity contribution in [3.8, 4) is 11.5 Å². The summed E-state index contributed by atoms with van der Waals surface area (Å²) in [4.78, 5) is 4.01. The van der Waals surface area contributed by atoms with E-state index in [1.165, 1.54) is 24.3 Å². The maximum Gasteiger partial charge on any atom is 0.258 e. The highest BCUT2D eigenvalue weighted by molar-refractivity contribution is 7.89. The van der Waals surface area contributed by atoms with Crippen LogP contribution in [0.3, 0.4) is 0 Å². The van der Waals surface area contributed by atoms with Crippen molar-refractivity contribution in [3.63, 3.8) is 0 Å². The number of aromatic nitrogens is 3. The average molecular weight is 398 g/mol. The van der Waals surface area contributed by atoms with Crippen molar-refractivity contribution in [1.82, 2.24) is 19.9 Å². The number of ether oxygens (including phenoxy) is 1. The Labute approximate surface area is 160 Å². The molecule has 0 aliphatic heterocycles. The number of fused-ring (bicyclic) bond motifs is 1. The van der Waals surface area contributed by atoms with Gasteiger partial charge in [-0.2, -0.15) is 5.10 Å². The number of hydrogen-bond acceptors (Lipinski definition) is 5. The number of nitrogens with one attached hydrogen (secondary N) is 2. The Balaban J connectivity index is 1.44. The summed E-state index contributed by atoms with van der Waals surface area (Å²) >= 11 is 0. The van der Waals surface area contributed by atoms with E-state index >= 15 is 0 Å². The zero-order chi connectivity index (χ0) is 19.6. The maximum atomic E-state index is 12.9. The molecule has 0 amide bonds. The van der Waals surface area contributed by atoms with E-state index in [0.29, 0.717) is 22.5 Å². The SMILES string of the molecule is O=S(=O)(NCc1ccc(Oc2ccc(F)cc2)cc1)c1[nH]nc2ncccc12. The van der Waals surface area contributed by atoms with Gasteiger partial charge < -0.3 is 4.74 Å². The quantitative estimate of drug-likeness (QED) is 0.519. The summed E-state index contributed by atoms with van der Waals surface area (Å²) < 4.78 is 46.2. The highest BCUT2D eigenvalue weighted by Crippen LogP contribution is 2.22. The lowest BCUT2D eigenvalue weighted by molar-refractivity contribution is 0.480. The first-order chi connectivity index (χ1) is 13.5. The van der Waals surface area contributed by atoms with Gasteiger partial charge in [0.1, 0.15) is 17.3 Å². The number of halogens is 1. The second-order valence-corrected chi connectivity index (χ2v) is 7.66. The van der Waals surface area contributed by atoms with Crippen LogP contribution in [-0.2, 0) is 16.6 Å². The molecule has 2 aromatic heterocycles. The Hall–Kier alpha value is -3.30. The van der Waals surface area contributed by atoms with Crippen LogP contribution in [0.15, 0.2) is 71.9 Å². The topological polar surface area (TPSA) is 97.0 Å². The molecule has 0 atom stereocenters. The molecule has 2 heterocycles. The number of sulfonamides is 1. The first-order valence-electron chi connectivity index (χ1n) is 8.32. The molecular formula is C19H15FN4O3S. The molecule has 9 heteroatoms. The van der Waals surface area contributed by atoms with Crippen molar-refractivity contribution < 1.29 is 17.5 Å². The highest BCUT2D eigenvalue weighted by Gasteiger charge is 2.20. The van der Waals surface area contributed by atoms with E-state index in [1.54, 1.807) is 42.6 Å². The predicted octanol–water partition coefficient (Wildman–Crippen LogP) is 3.37. The molecule has 0 saturated carbocycles. The second kappa shape index (κ2) is 7.37. The standard InChI is InChI=1S/C19H15FN4O3S/c20-14-5-9-16(10-6-14)27-15-7-3-13(4-8-15)12-22-28(25,26)19-17-2-1-11-21-18(17)23-24-19/h1-11,22H,12H2,(H,21,23,24). The summed E-state index contributed by atoms with van der Waals surface area (Å²) in [5.74, 6) is 0.731. The van der Waals surface area contributed by atoms with Gasteiger partial charge in [0.25, 0.3) is 10.0 Å². The van der Waals surface area contributed by atoms with E-state index in [-0.39, 0.29) is 17.4 Å². The predicted molar refractivity (Wildman–Crippen MR) is 101 cm³/mol. The molecule has 0 radical (unpaired) electrons. The van der Waals surface area contributed by atoms with Crippen molar-refractivity contribution in [2.24, 2.45) is 0 Å². The van der Waals surface area contributed by atoms with Crippen LogP contribution in [0.25, 0.3) is 11.0 Å². The summed E-state index contributed by atoms with van der Waals surface area (Å²) in [6.07, 6.45) is 1.54. The molecule has 7 nitrogen and oxygen atoms in total. The molecule has 0 unspecified atom stereocenters. The number of nitrogens with zero attached hydrogens (tertiary/aromatic N) is 2. The number of benzene rings is 2. The molecule has 0 spiro atoms. The lowest BCUT2D eigenvalue weighted by atomic mass is 10.2. The fourth-order valence-corrected chi connectivity index (χ4v) is 3.71. The minimum Gasteiger partial charge on any atom is -0.457 e. The Morgan fingerprint density at radius 3 is 2.39 bits per heavy atom. The van der Waals surface area contributed by atoms with Crippen LogP contribution in [0, 0.1) is 5.82 Å². The number of rotatable bonds is 6. The number of aromatic amines is 1. The Kier molecular flexibility index (Phi) is 4.76. The van der Waals surface area contributed by atoms with Gasteiger partial charge in [-0.15, -0.1) is 0 Å². The number of pyridine rings is 1. The van der Waals surface area contributed by atoms with Crippen LogP contribution < -0.4 is 9.46 Å². The third-order valence-electron chi connectivity index (χ3n) is 4.00. The Bertz CT molecular complexity index is 1210. The summed E-state index contributed by atoms with van der Waals surface area (Å²) in [6, 6.07) is 15.9. The van der Waals surface area contributed by atoms with Crippen LogP contribution in [0.4, 0.5) is 4.39 Å². The van der Waals surface area contributed by atoms with Gasteiger partial charge in [0.2, 0.25) is 0 Å². The minimum atomic E-state index is -3.78.